The van der Waals surface area contributed by atoms with E-state index in [0.29, 0.717) is 12.1 Å². The molecule has 1 aliphatic heterocycles. The highest BCUT2D eigenvalue weighted by Gasteiger charge is 2.40. The summed E-state index contributed by atoms with van der Waals surface area (Å²) in [6.07, 6.45) is 1.87. The third kappa shape index (κ3) is 2.23. The molecule has 0 bridgehead atoms. The number of hydrogen-bond acceptors (Lipinski definition) is 2. The maximum Gasteiger partial charge on any atom is 0.0831 e. The summed E-state index contributed by atoms with van der Waals surface area (Å²) < 4.78 is 0. The van der Waals surface area contributed by atoms with E-state index in [-0.39, 0.29) is 10.8 Å². The van der Waals surface area contributed by atoms with Crippen LogP contribution in [0.4, 0.5) is 0 Å². The maximum atomic E-state index is 4.52. The molecule has 0 aromatic heterocycles. The molecular weight excluding hydrogens is 160 g/mol. The molecule has 13 heavy (non-hydrogen) atoms. The van der Waals surface area contributed by atoms with E-state index in [2.05, 4.69) is 51.9 Å². The molecule has 0 amide bonds. The predicted molar refractivity (Wildman–Crippen MR) is 58.1 cm³/mol. The van der Waals surface area contributed by atoms with Gasteiger partial charge in [0.2, 0.25) is 0 Å². The number of hydrogen-bond donors (Lipinski definition) is 1. The van der Waals surface area contributed by atoms with E-state index in [0.717, 1.165) is 0 Å². The van der Waals surface area contributed by atoms with Crippen LogP contribution in [0.5, 0.6) is 0 Å². The van der Waals surface area contributed by atoms with Crippen molar-refractivity contribution in [2.45, 2.75) is 53.6 Å². The van der Waals surface area contributed by atoms with Crippen LogP contribution in [0.2, 0.25) is 0 Å². The average Bonchev–Trinajstić information content (AvgIpc) is 2.27. The van der Waals surface area contributed by atoms with Crippen molar-refractivity contribution in [2.75, 3.05) is 0 Å². The number of rotatable bonds is 0. The van der Waals surface area contributed by atoms with Gasteiger partial charge in [0.05, 0.1) is 18.4 Å². The molecule has 1 N–H and O–H groups in total. The fraction of sp³-hybridized carbons (Fsp3) is 0.909. The van der Waals surface area contributed by atoms with E-state index in [4.69, 9.17) is 0 Å². The second-order valence-corrected chi connectivity index (χ2v) is 6.10. The zero-order valence-corrected chi connectivity index (χ0v) is 9.68. The predicted octanol–water partition coefficient (Wildman–Crippen LogP) is 2.45. The third-order valence-corrected chi connectivity index (χ3v) is 2.63. The first-order valence-corrected chi connectivity index (χ1v) is 5.00. The van der Waals surface area contributed by atoms with Gasteiger partial charge >= 0.3 is 0 Å². The molecule has 0 aromatic rings. The molecule has 0 saturated heterocycles. The molecule has 0 spiro atoms. The summed E-state index contributed by atoms with van der Waals surface area (Å²) >= 11 is 0. The van der Waals surface area contributed by atoms with Crippen molar-refractivity contribution >= 4 is 6.34 Å². The second-order valence-electron chi connectivity index (χ2n) is 6.10. The highest BCUT2D eigenvalue weighted by molar-refractivity contribution is 5.59. The van der Waals surface area contributed by atoms with Gasteiger partial charge in [0.25, 0.3) is 0 Å². The van der Waals surface area contributed by atoms with E-state index < -0.39 is 0 Å². The molecule has 0 aliphatic carbocycles. The maximum absolute atomic E-state index is 4.52. The van der Waals surface area contributed by atoms with Gasteiger partial charge in [0.1, 0.15) is 0 Å². The van der Waals surface area contributed by atoms with Crippen molar-refractivity contribution < 1.29 is 0 Å². The molecule has 0 saturated carbocycles. The summed E-state index contributed by atoms with van der Waals surface area (Å²) in [5, 5.41) is 3.36. The lowest BCUT2D eigenvalue weighted by Gasteiger charge is -2.37. The van der Waals surface area contributed by atoms with Crippen LogP contribution in [0.1, 0.15) is 41.5 Å². The lowest BCUT2D eigenvalue weighted by Crippen LogP contribution is -2.48. The van der Waals surface area contributed by atoms with Gasteiger partial charge in [-0.2, -0.15) is 0 Å². The second kappa shape index (κ2) is 3.00. The van der Waals surface area contributed by atoms with Gasteiger partial charge in [-0.3, -0.25) is 4.99 Å². The molecule has 0 fully saturated rings. The summed E-state index contributed by atoms with van der Waals surface area (Å²) in [4.78, 5) is 4.52. The summed E-state index contributed by atoms with van der Waals surface area (Å²) in [7, 11) is 0. The Labute approximate surface area is 81.8 Å². The van der Waals surface area contributed by atoms with Crippen molar-refractivity contribution in [1.82, 2.24) is 5.32 Å². The Hall–Kier alpha value is -0.530. The van der Waals surface area contributed by atoms with Crippen LogP contribution < -0.4 is 5.32 Å². The van der Waals surface area contributed by atoms with Crippen molar-refractivity contribution in [3.8, 4) is 0 Å². The van der Waals surface area contributed by atoms with Gasteiger partial charge in [-0.25, -0.2) is 0 Å². The third-order valence-electron chi connectivity index (χ3n) is 2.63. The van der Waals surface area contributed by atoms with E-state index in [9.17, 15) is 0 Å². The van der Waals surface area contributed by atoms with Crippen molar-refractivity contribution in [1.29, 1.82) is 0 Å². The Morgan fingerprint density at radius 2 is 1.54 bits per heavy atom. The summed E-state index contributed by atoms with van der Waals surface area (Å²) in [5.41, 5.74) is 0.520. The minimum atomic E-state index is 0.248. The first-order valence-electron chi connectivity index (χ1n) is 5.00. The number of nitrogens with one attached hydrogen (secondary N) is 1. The van der Waals surface area contributed by atoms with Gasteiger partial charge in [0, 0.05) is 0 Å². The zero-order valence-electron chi connectivity index (χ0n) is 9.68. The van der Waals surface area contributed by atoms with Gasteiger partial charge in [-0.1, -0.05) is 41.5 Å². The SMILES string of the molecule is CC(C)(C)C1N=CNC1C(C)(C)C. The number of nitrogens with zero attached hydrogens (tertiary/aromatic N) is 1. The van der Waals surface area contributed by atoms with Crippen molar-refractivity contribution in [3.63, 3.8) is 0 Å². The van der Waals surface area contributed by atoms with Crippen LogP contribution in [0, 0.1) is 10.8 Å². The monoisotopic (exact) mass is 182 g/mol. The summed E-state index contributed by atoms with van der Waals surface area (Å²) in [6, 6.07) is 0.861. The molecule has 2 atom stereocenters. The molecule has 1 rings (SSSR count). The van der Waals surface area contributed by atoms with Gasteiger partial charge in [-0.15, -0.1) is 0 Å². The highest BCUT2D eigenvalue weighted by Crippen LogP contribution is 2.34. The van der Waals surface area contributed by atoms with E-state index in [1.807, 2.05) is 6.34 Å². The molecule has 2 unspecified atom stereocenters. The minimum Gasteiger partial charge on any atom is -0.371 e. The van der Waals surface area contributed by atoms with Crippen LogP contribution in [-0.4, -0.2) is 18.4 Å². The average molecular weight is 182 g/mol. The van der Waals surface area contributed by atoms with Crippen LogP contribution >= 0.6 is 0 Å². The summed E-state index contributed by atoms with van der Waals surface area (Å²) in [5.74, 6) is 0. The summed E-state index contributed by atoms with van der Waals surface area (Å²) in [6.45, 7) is 13.5. The van der Waals surface area contributed by atoms with E-state index in [1.165, 1.54) is 0 Å². The fourth-order valence-electron chi connectivity index (χ4n) is 1.83. The van der Waals surface area contributed by atoms with Gasteiger partial charge < -0.3 is 5.32 Å². The zero-order chi connectivity index (χ0) is 10.3. The van der Waals surface area contributed by atoms with E-state index >= 15 is 0 Å². The quantitative estimate of drug-likeness (QED) is 0.611. The van der Waals surface area contributed by atoms with Crippen molar-refractivity contribution in [2.24, 2.45) is 15.8 Å². The largest absolute Gasteiger partial charge is 0.371 e. The highest BCUT2D eigenvalue weighted by atomic mass is 15.1. The van der Waals surface area contributed by atoms with Crippen LogP contribution in [0.3, 0.4) is 0 Å². The van der Waals surface area contributed by atoms with Crippen LogP contribution in [0.25, 0.3) is 0 Å². The Balaban J connectivity index is 2.81. The molecule has 2 heteroatoms. The molecule has 1 aliphatic rings. The van der Waals surface area contributed by atoms with Gasteiger partial charge in [0.15, 0.2) is 0 Å². The lowest BCUT2D eigenvalue weighted by atomic mass is 9.74. The molecule has 0 aromatic carbocycles. The lowest BCUT2D eigenvalue weighted by molar-refractivity contribution is 0.192. The topological polar surface area (TPSA) is 24.4 Å². The standard InChI is InChI=1S/C11H22N2/c1-10(2,3)8-9(11(4,5)6)13-7-12-8/h7-9H,1-6H3,(H,12,13). The molecule has 0 radical (unpaired) electrons. The first kappa shape index (κ1) is 10.6. The smallest absolute Gasteiger partial charge is 0.0831 e. The Bertz CT molecular complexity index is 205. The molecule has 2 nitrogen and oxygen atoms in total. The molecule has 1 heterocycles. The van der Waals surface area contributed by atoms with Crippen molar-refractivity contribution in [3.05, 3.63) is 0 Å². The number of aliphatic imine (C=N–C) groups is 1. The Kier molecular flexibility index (Phi) is 2.44. The Morgan fingerprint density at radius 3 is 1.85 bits per heavy atom. The van der Waals surface area contributed by atoms with Crippen LogP contribution in [0.15, 0.2) is 4.99 Å². The van der Waals surface area contributed by atoms with Gasteiger partial charge in [-0.05, 0) is 10.8 Å². The first-order chi connectivity index (χ1) is 5.73. The van der Waals surface area contributed by atoms with E-state index in [1.54, 1.807) is 0 Å². The van der Waals surface area contributed by atoms with Crippen LogP contribution in [-0.2, 0) is 0 Å². The normalized spacial score (nSPS) is 29.1. The minimum absolute atomic E-state index is 0.248. The fourth-order valence-corrected chi connectivity index (χ4v) is 1.83. The molecular formula is C11H22N2. The Morgan fingerprint density at radius 1 is 1.00 bits per heavy atom. The molecule has 76 valence electrons.